The number of aromatic carboxylic acids is 1. The monoisotopic (exact) mass is 797 g/mol. The second-order valence-electron chi connectivity index (χ2n) is 19.7. The van der Waals surface area contributed by atoms with E-state index >= 15 is 0 Å². The summed E-state index contributed by atoms with van der Waals surface area (Å²) in [7, 11) is 1.51. The van der Waals surface area contributed by atoms with Gasteiger partial charge in [-0.25, -0.2) is 4.79 Å². The predicted molar refractivity (Wildman–Crippen MR) is 226 cm³/mol. The van der Waals surface area contributed by atoms with Crippen molar-refractivity contribution in [3.8, 4) is 0 Å². The topological polar surface area (TPSA) is 104 Å². The van der Waals surface area contributed by atoms with Gasteiger partial charge in [0.25, 0.3) is 0 Å². The van der Waals surface area contributed by atoms with Gasteiger partial charge in [-0.1, -0.05) is 96.0 Å². The first-order valence-electron chi connectivity index (χ1n) is 21.4. The summed E-state index contributed by atoms with van der Waals surface area (Å²) in [6, 6.07) is 14.9. The number of carbonyl (C=O) groups excluding carboxylic acids is 2. The molecule has 3 saturated carbocycles. The van der Waals surface area contributed by atoms with Crippen LogP contribution in [0.3, 0.4) is 0 Å². The molecule has 5 aliphatic carbocycles. The lowest BCUT2D eigenvalue weighted by Gasteiger charge is -2.72. The quantitative estimate of drug-likeness (QED) is 0.235. The molecular weight excluding hydrogens is 734 g/mol. The Morgan fingerprint density at radius 3 is 2.25 bits per heavy atom. The van der Waals surface area contributed by atoms with Gasteiger partial charge in [-0.15, -0.1) is 0 Å². The highest BCUT2D eigenvalue weighted by molar-refractivity contribution is 6.30. The van der Waals surface area contributed by atoms with E-state index in [1.54, 1.807) is 17.0 Å². The van der Waals surface area contributed by atoms with Gasteiger partial charge in [0, 0.05) is 37.1 Å². The van der Waals surface area contributed by atoms with Crippen molar-refractivity contribution in [2.75, 3.05) is 20.3 Å². The number of carboxylic acids is 1. The van der Waals surface area contributed by atoms with Crippen LogP contribution in [-0.2, 0) is 20.9 Å². The van der Waals surface area contributed by atoms with E-state index in [0.717, 1.165) is 68.1 Å². The van der Waals surface area contributed by atoms with Crippen LogP contribution in [0.25, 0.3) is 5.57 Å². The van der Waals surface area contributed by atoms with Crippen molar-refractivity contribution in [2.24, 2.45) is 50.7 Å². The number of amides is 1. The molecular formula is C49H64ClNO6. The molecule has 0 saturated heterocycles. The number of benzene rings is 2. The second-order valence-corrected chi connectivity index (χ2v) is 20.2. The number of aliphatic hydroxyl groups excluding tert-OH is 1. The van der Waals surface area contributed by atoms with Crippen molar-refractivity contribution in [2.45, 2.75) is 119 Å². The van der Waals surface area contributed by atoms with E-state index in [-0.39, 0.29) is 58.3 Å². The Kier molecular flexibility index (Phi) is 11.1. The number of rotatable bonds is 11. The van der Waals surface area contributed by atoms with Crippen LogP contribution >= 0.6 is 11.6 Å². The van der Waals surface area contributed by atoms with E-state index in [4.69, 9.17) is 16.3 Å². The van der Waals surface area contributed by atoms with E-state index in [2.05, 4.69) is 54.5 Å². The maximum atomic E-state index is 14.4. The number of methoxy groups -OCH3 is 1. The predicted octanol–water partition coefficient (Wildman–Crippen LogP) is 10.4. The first kappa shape index (κ1) is 41.9. The molecule has 3 fully saturated rings. The lowest BCUT2D eigenvalue weighted by Crippen LogP contribution is -2.65. The molecule has 5 aliphatic rings. The molecule has 7 nitrogen and oxygen atoms in total. The maximum Gasteiger partial charge on any atom is 0.335 e. The third kappa shape index (κ3) is 6.48. The molecule has 2 aromatic carbocycles. The number of hydrogen-bond acceptors (Lipinski definition) is 5. The Labute approximate surface area is 345 Å². The average Bonchev–Trinajstić information content (AvgIpc) is 3.48. The largest absolute Gasteiger partial charge is 0.478 e. The minimum absolute atomic E-state index is 0.0249. The number of ketones is 1. The number of halogens is 1. The molecule has 0 radical (unpaired) electrons. The molecule has 0 heterocycles. The standard InChI is InChI=1S/C49H64ClNO6/c1-9-49-25-24-48(40(53)28-51(41(54)29-57-8)27-31-10-16-34(50)17-11-31)26-37(52)42(30(2)3)43(48)36(49)18-19-39-46(6)22-20-35(32-12-14-33(15-13-32)44(55)56)45(4,5)38(46)21-23-47(39,49)7/h10-17,20,30,36,38-40,53H,9,18-19,21-29H2,1-8H3,(H,55,56)/t36-,38+,39-,40+,46+,47-,48+,49-/m1/s1. The third-order valence-corrected chi connectivity index (χ3v) is 17.0. The Hall–Kier alpha value is -3.26. The van der Waals surface area contributed by atoms with Gasteiger partial charge >= 0.3 is 5.97 Å². The van der Waals surface area contributed by atoms with E-state index < -0.39 is 17.5 Å². The highest BCUT2D eigenvalue weighted by Gasteiger charge is 2.71. The zero-order valence-electron chi connectivity index (χ0n) is 35.4. The van der Waals surface area contributed by atoms with Crippen LogP contribution < -0.4 is 0 Å². The summed E-state index contributed by atoms with van der Waals surface area (Å²) in [4.78, 5) is 41.3. The zero-order chi connectivity index (χ0) is 41.3. The van der Waals surface area contributed by atoms with Gasteiger partial charge in [-0.3, -0.25) is 9.59 Å². The van der Waals surface area contributed by atoms with Crippen molar-refractivity contribution < 1.29 is 29.3 Å². The summed E-state index contributed by atoms with van der Waals surface area (Å²) in [5.41, 5.74) is 5.11. The Balaban J connectivity index is 1.24. The SMILES string of the molecule is CC[C@@]12CC[C@@]3([C@@H](O)CN(Cc4ccc(Cl)cc4)C(=O)COC)CC(=O)C(C(C)C)=C3[C@H]1CC[C@@H]1[C@@]3(C)CC=C(c4ccc(C(=O)O)cc4)C(C)(C)[C@@H]3CC[C@]12C. The zero-order valence-corrected chi connectivity index (χ0v) is 36.2. The Bertz CT molecular complexity index is 1970. The summed E-state index contributed by atoms with van der Waals surface area (Å²) in [5.74, 6) is 0.260. The van der Waals surface area contributed by atoms with Crippen LogP contribution in [0.15, 0.2) is 65.8 Å². The van der Waals surface area contributed by atoms with Gasteiger partial charge in [0.2, 0.25) is 5.91 Å². The molecule has 8 atom stereocenters. The Morgan fingerprint density at radius 1 is 0.947 bits per heavy atom. The molecule has 0 unspecified atom stereocenters. The van der Waals surface area contributed by atoms with Crippen LogP contribution in [0.5, 0.6) is 0 Å². The van der Waals surface area contributed by atoms with Crippen molar-refractivity contribution in [1.29, 1.82) is 0 Å². The number of ether oxygens (including phenoxy) is 1. The molecule has 0 spiro atoms. The van der Waals surface area contributed by atoms with Gasteiger partial charge in [0.1, 0.15) is 6.61 Å². The number of hydrogen-bond donors (Lipinski definition) is 2. The minimum Gasteiger partial charge on any atom is -0.478 e. The summed E-state index contributed by atoms with van der Waals surface area (Å²) in [5, 5.41) is 22.8. The number of Topliss-reactive ketones (excluding diaryl/α,β-unsaturated/α-hetero) is 1. The van der Waals surface area contributed by atoms with E-state index in [1.807, 2.05) is 36.4 Å². The molecule has 7 rings (SSSR count). The third-order valence-electron chi connectivity index (χ3n) is 16.7. The molecule has 308 valence electrons. The number of nitrogens with zero attached hydrogens (tertiary/aromatic N) is 1. The number of allylic oxidation sites excluding steroid dienone is 3. The van der Waals surface area contributed by atoms with Gasteiger partial charge < -0.3 is 19.8 Å². The van der Waals surface area contributed by atoms with Gasteiger partial charge in [0.05, 0.1) is 11.7 Å². The fourth-order valence-electron chi connectivity index (χ4n) is 14.3. The first-order chi connectivity index (χ1) is 26.9. The first-order valence-corrected chi connectivity index (χ1v) is 21.8. The molecule has 0 aromatic heterocycles. The molecule has 1 amide bonds. The van der Waals surface area contributed by atoms with Crippen molar-refractivity contribution in [1.82, 2.24) is 4.90 Å². The lowest BCUT2D eigenvalue weighted by atomic mass is 9.32. The highest BCUT2D eigenvalue weighted by Crippen LogP contribution is 2.78. The van der Waals surface area contributed by atoms with E-state index in [1.165, 1.54) is 18.3 Å². The van der Waals surface area contributed by atoms with Crippen LogP contribution in [0, 0.1) is 50.7 Å². The highest BCUT2D eigenvalue weighted by atomic mass is 35.5. The summed E-state index contributed by atoms with van der Waals surface area (Å²) < 4.78 is 5.30. The van der Waals surface area contributed by atoms with Gasteiger partial charge in [-0.2, -0.15) is 0 Å². The normalized spacial score (nSPS) is 33.5. The van der Waals surface area contributed by atoms with Crippen molar-refractivity contribution in [3.63, 3.8) is 0 Å². The lowest BCUT2D eigenvalue weighted by molar-refractivity contribution is -0.208. The maximum absolute atomic E-state index is 14.4. The van der Waals surface area contributed by atoms with Gasteiger partial charge in [-0.05, 0) is 143 Å². The van der Waals surface area contributed by atoms with Crippen LogP contribution in [0.2, 0.25) is 5.02 Å². The summed E-state index contributed by atoms with van der Waals surface area (Å²) >= 11 is 6.19. The average molecular weight is 799 g/mol. The Morgan fingerprint density at radius 2 is 1.63 bits per heavy atom. The second kappa shape index (κ2) is 15.1. The number of aliphatic hydroxyl groups is 1. The number of carbonyl (C=O) groups is 3. The summed E-state index contributed by atoms with van der Waals surface area (Å²) in [6.07, 6.45) is 9.86. The molecule has 2 aromatic rings. The van der Waals surface area contributed by atoms with Crippen LogP contribution in [0.1, 0.15) is 128 Å². The summed E-state index contributed by atoms with van der Waals surface area (Å²) in [6.45, 7) is 17.0. The van der Waals surface area contributed by atoms with Gasteiger partial charge in [0.15, 0.2) is 5.78 Å². The fraction of sp³-hybridized carbons (Fsp3) is 0.612. The molecule has 8 heteroatoms. The number of fused-ring (bicyclic) bond motifs is 7. The van der Waals surface area contributed by atoms with E-state index in [0.29, 0.717) is 35.4 Å². The van der Waals surface area contributed by atoms with Crippen LogP contribution in [0.4, 0.5) is 0 Å². The number of carboxylic acid groups (broad SMARTS) is 1. The smallest absolute Gasteiger partial charge is 0.335 e. The van der Waals surface area contributed by atoms with Crippen molar-refractivity contribution >= 4 is 34.8 Å². The van der Waals surface area contributed by atoms with Crippen molar-refractivity contribution in [3.05, 3.63) is 87.5 Å². The van der Waals surface area contributed by atoms with Crippen LogP contribution in [-0.4, -0.2) is 59.1 Å². The minimum atomic E-state index is -0.904. The van der Waals surface area contributed by atoms with E-state index in [9.17, 15) is 24.6 Å². The molecule has 0 bridgehead atoms. The molecule has 57 heavy (non-hydrogen) atoms. The fourth-order valence-corrected chi connectivity index (χ4v) is 14.4. The molecule has 2 N–H and O–H groups in total. The molecule has 0 aliphatic heterocycles.